The van der Waals surface area contributed by atoms with E-state index in [4.69, 9.17) is 5.73 Å². The van der Waals surface area contributed by atoms with E-state index in [0.717, 1.165) is 25.0 Å². The van der Waals surface area contributed by atoms with E-state index in [1.165, 1.54) is 6.07 Å². The molecule has 0 radical (unpaired) electrons. The highest BCUT2D eigenvalue weighted by Gasteiger charge is 2.27. The second kappa shape index (κ2) is 5.57. The van der Waals surface area contributed by atoms with E-state index in [2.05, 4.69) is 0 Å². The summed E-state index contributed by atoms with van der Waals surface area (Å²) in [6.45, 7) is 2.99. The van der Waals surface area contributed by atoms with Gasteiger partial charge in [0.2, 0.25) is 0 Å². The molecule has 0 aliphatic carbocycles. The summed E-state index contributed by atoms with van der Waals surface area (Å²) in [6, 6.07) is 1.57. The predicted octanol–water partition coefficient (Wildman–Crippen LogP) is 0.647. The van der Waals surface area contributed by atoms with Crippen LogP contribution in [-0.2, 0) is 7.05 Å². The maximum Gasteiger partial charge on any atom is 0.259 e. The number of piperidine rings is 1. The molecule has 0 saturated carbocycles. The molecule has 1 aliphatic rings. The number of hydrogen-bond acceptors (Lipinski definition) is 3. The highest BCUT2D eigenvalue weighted by atomic mass is 16.2. The Morgan fingerprint density at radius 3 is 2.89 bits per heavy atom. The smallest absolute Gasteiger partial charge is 0.259 e. The first kappa shape index (κ1) is 13.8. The van der Waals surface area contributed by atoms with Crippen molar-refractivity contribution < 1.29 is 4.79 Å². The van der Waals surface area contributed by atoms with Crippen molar-refractivity contribution in [1.82, 2.24) is 9.47 Å². The Balaban J connectivity index is 2.33. The molecule has 2 rings (SSSR count). The summed E-state index contributed by atoms with van der Waals surface area (Å²) in [5.41, 5.74) is 6.60. The fourth-order valence-corrected chi connectivity index (χ4v) is 2.56. The van der Waals surface area contributed by atoms with Gasteiger partial charge in [-0.25, -0.2) is 0 Å². The molecule has 19 heavy (non-hydrogen) atoms. The van der Waals surface area contributed by atoms with Gasteiger partial charge >= 0.3 is 0 Å². The van der Waals surface area contributed by atoms with Crippen molar-refractivity contribution in [3.05, 3.63) is 33.7 Å². The zero-order valence-corrected chi connectivity index (χ0v) is 11.6. The second-order valence-electron chi connectivity index (χ2n) is 5.19. The Hall–Kier alpha value is -1.62. The first-order valence-electron chi connectivity index (χ1n) is 6.73. The Labute approximate surface area is 113 Å². The number of rotatable bonds is 2. The number of likely N-dealkylation sites (tertiary alicyclic amines) is 1. The fraction of sp³-hybridized carbons (Fsp3) is 0.571. The zero-order chi connectivity index (χ0) is 14.0. The number of nitrogens with zero attached hydrogens (tertiary/aromatic N) is 2. The quantitative estimate of drug-likeness (QED) is 0.851. The maximum atomic E-state index is 12.5. The highest BCUT2D eigenvalue weighted by molar-refractivity contribution is 5.94. The predicted molar refractivity (Wildman–Crippen MR) is 74.1 cm³/mol. The van der Waals surface area contributed by atoms with Crippen LogP contribution in [0.25, 0.3) is 0 Å². The van der Waals surface area contributed by atoms with Gasteiger partial charge in [-0.05, 0) is 26.2 Å². The molecule has 0 bridgehead atoms. The monoisotopic (exact) mass is 263 g/mol. The lowest BCUT2D eigenvalue weighted by atomic mass is 10.0. The molecule has 1 aromatic heterocycles. The van der Waals surface area contributed by atoms with Crippen molar-refractivity contribution in [3.63, 3.8) is 0 Å². The molecule has 5 heteroatoms. The van der Waals surface area contributed by atoms with Crippen LogP contribution >= 0.6 is 0 Å². The van der Waals surface area contributed by atoms with Crippen molar-refractivity contribution in [3.8, 4) is 0 Å². The van der Waals surface area contributed by atoms with Crippen LogP contribution in [0.1, 0.15) is 35.3 Å². The first-order chi connectivity index (χ1) is 9.04. The molecule has 1 aromatic rings. The first-order valence-corrected chi connectivity index (χ1v) is 6.73. The number of carbonyl (C=O) groups is 1. The highest BCUT2D eigenvalue weighted by Crippen LogP contribution is 2.18. The van der Waals surface area contributed by atoms with Crippen molar-refractivity contribution in [1.29, 1.82) is 0 Å². The number of nitrogens with two attached hydrogens (primary N) is 1. The van der Waals surface area contributed by atoms with E-state index in [0.29, 0.717) is 13.1 Å². The summed E-state index contributed by atoms with van der Waals surface area (Å²) in [4.78, 5) is 26.2. The lowest BCUT2D eigenvalue weighted by Crippen LogP contribution is -2.48. The van der Waals surface area contributed by atoms with Crippen LogP contribution in [-0.4, -0.2) is 34.5 Å². The van der Waals surface area contributed by atoms with Gasteiger partial charge in [-0.3, -0.25) is 9.59 Å². The van der Waals surface area contributed by atoms with E-state index in [9.17, 15) is 9.59 Å². The molecule has 0 spiro atoms. The normalized spacial score (nSPS) is 19.5. The fourth-order valence-electron chi connectivity index (χ4n) is 2.56. The number of carbonyl (C=O) groups excluding carboxylic acids is 1. The lowest BCUT2D eigenvalue weighted by Gasteiger charge is -2.35. The second-order valence-corrected chi connectivity index (χ2v) is 5.19. The molecule has 0 unspecified atom stereocenters. The molecule has 0 aromatic carbocycles. The number of hydrogen-bond donors (Lipinski definition) is 1. The van der Waals surface area contributed by atoms with E-state index in [1.54, 1.807) is 15.7 Å². The number of amides is 1. The minimum Gasteiger partial charge on any atom is -0.354 e. The Kier molecular flexibility index (Phi) is 4.04. The summed E-state index contributed by atoms with van der Waals surface area (Å²) < 4.78 is 1.80. The SMILES string of the molecule is Cc1cc(=O)c(C(=O)N2CCCC[C@@H]2CN)cn1C. The van der Waals surface area contributed by atoms with E-state index in [1.807, 2.05) is 14.0 Å². The molecular weight excluding hydrogens is 242 g/mol. The van der Waals surface area contributed by atoms with Crippen LogP contribution in [0.3, 0.4) is 0 Å². The topological polar surface area (TPSA) is 68.3 Å². The Bertz CT molecular complexity index is 536. The van der Waals surface area contributed by atoms with Crippen molar-refractivity contribution in [2.75, 3.05) is 13.1 Å². The molecule has 1 amide bonds. The minimum atomic E-state index is -0.207. The number of aryl methyl sites for hydroxylation is 2. The summed E-state index contributed by atoms with van der Waals surface area (Å²) in [6.07, 6.45) is 4.63. The molecule has 1 saturated heterocycles. The average Bonchev–Trinajstić information content (AvgIpc) is 2.42. The summed E-state index contributed by atoms with van der Waals surface area (Å²) >= 11 is 0. The van der Waals surface area contributed by atoms with E-state index >= 15 is 0 Å². The van der Waals surface area contributed by atoms with Gasteiger partial charge in [0.1, 0.15) is 5.56 Å². The molecule has 5 nitrogen and oxygen atoms in total. The third-order valence-electron chi connectivity index (χ3n) is 3.88. The van der Waals surface area contributed by atoms with Crippen LogP contribution in [0.4, 0.5) is 0 Å². The maximum absolute atomic E-state index is 12.5. The van der Waals surface area contributed by atoms with Gasteiger partial charge in [-0.2, -0.15) is 0 Å². The summed E-state index contributed by atoms with van der Waals surface area (Å²) in [5, 5.41) is 0. The zero-order valence-electron chi connectivity index (χ0n) is 11.6. The minimum absolute atomic E-state index is 0.0623. The van der Waals surface area contributed by atoms with E-state index in [-0.39, 0.29) is 22.9 Å². The van der Waals surface area contributed by atoms with Crippen LogP contribution in [0.2, 0.25) is 0 Å². The molecule has 2 heterocycles. The molecule has 104 valence electrons. The Morgan fingerprint density at radius 2 is 2.21 bits per heavy atom. The van der Waals surface area contributed by atoms with Crippen molar-refractivity contribution >= 4 is 5.91 Å². The van der Waals surface area contributed by atoms with Gasteiger partial charge in [0.15, 0.2) is 5.43 Å². The third kappa shape index (κ3) is 2.71. The number of pyridine rings is 1. The third-order valence-corrected chi connectivity index (χ3v) is 3.88. The molecule has 2 N–H and O–H groups in total. The van der Waals surface area contributed by atoms with Crippen molar-refractivity contribution in [2.24, 2.45) is 12.8 Å². The van der Waals surface area contributed by atoms with Crippen LogP contribution in [0.5, 0.6) is 0 Å². The Morgan fingerprint density at radius 1 is 1.47 bits per heavy atom. The molecule has 1 fully saturated rings. The van der Waals surface area contributed by atoms with Gasteiger partial charge in [0, 0.05) is 44.1 Å². The van der Waals surface area contributed by atoms with Crippen LogP contribution in [0.15, 0.2) is 17.1 Å². The van der Waals surface area contributed by atoms with Gasteiger partial charge in [-0.1, -0.05) is 0 Å². The van der Waals surface area contributed by atoms with E-state index < -0.39 is 0 Å². The van der Waals surface area contributed by atoms with Gasteiger partial charge in [0.25, 0.3) is 5.91 Å². The standard InChI is InChI=1S/C14H21N3O2/c1-10-7-13(18)12(9-16(10)2)14(19)17-6-4-3-5-11(17)8-15/h7,9,11H,3-6,8,15H2,1-2H3/t11-/m1/s1. The molecule has 1 aliphatic heterocycles. The lowest BCUT2D eigenvalue weighted by molar-refractivity contribution is 0.0621. The van der Waals surface area contributed by atoms with Gasteiger partial charge < -0.3 is 15.2 Å². The average molecular weight is 263 g/mol. The molecular formula is C14H21N3O2. The summed E-state index contributed by atoms with van der Waals surface area (Å²) in [5.74, 6) is -0.184. The largest absolute Gasteiger partial charge is 0.354 e. The summed E-state index contributed by atoms with van der Waals surface area (Å²) in [7, 11) is 1.84. The van der Waals surface area contributed by atoms with Crippen LogP contribution in [0, 0.1) is 6.92 Å². The van der Waals surface area contributed by atoms with Gasteiger partial charge in [-0.15, -0.1) is 0 Å². The van der Waals surface area contributed by atoms with Crippen LogP contribution < -0.4 is 11.2 Å². The van der Waals surface area contributed by atoms with Crippen molar-refractivity contribution in [2.45, 2.75) is 32.2 Å². The van der Waals surface area contributed by atoms with Gasteiger partial charge in [0.05, 0.1) is 0 Å². The number of aromatic nitrogens is 1. The molecule has 1 atom stereocenters.